The van der Waals surface area contributed by atoms with Gasteiger partial charge < -0.3 is 4.90 Å². The lowest BCUT2D eigenvalue weighted by molar-refractivity contribution is -0.384. The summed E-state index contributed by atoms with van der Waals surface area (Å²) in [6.45, 7) is 0.449. The minimum atomic E-state index is -0.636. The van der Waals surface area contributed by atoms with Gasteiger partial charge in [0.2, 0.25) is 0 Å². The molecule has 0 aromatic heterocycles. The van der Waals surface area contributed by atoms with Crippen LogP contribution in [0.1, 0.15) is 27.5 Å². The summed E-state index contributed by atoms with van der Waals surface area (Å²) in [7, 11) is 0. The van der Waals surface area contributed by atoms with Crippen LogP contribution in [0.2, 0.25) is 0 Å². The van der Waals surface area contributed by atoms with E-state index in [4.69, 9.17) is 0 Å². The highest BCUT2D eigenvalue weighted by molar-refractivity contribution is 5.95. The van der Waals surface area contributed by atoms with Crippen molar-refractivity contribution < 1.29 is 9.72 Å². The van der Waals surface area contributed by atoms with Crippen molar-refractivity contribution in [3.63, 3.8) is 0 Å². The largest absolute Gasteiger partial charge is 0.318 e. The number of amides is 1. The van der Waals surface area contributed by atoms with Crippen molar-refractivity contribution in [1.29, 1.82) is 5.26 Å². The van der Waals surface area contributed by atoms with Gasteiger partial charge in [-0.15, -0.1) is 0 Å². The lowest BCUT2D eigenvalue weighted by atomic mass is 9.93. The fourth-order valence-corrected chi connectivity index (χ4v) is 2.82. The van der Waals surface area contributed by atoms with Gasteiger partial charge >= 0.3 is 0 Å². The average Bonchev–Trinajstić information content (AvgIpc) is 2.60. The quantitative estimate of drug-likeness (QED) is 0.630. The first kappa shape index (κ1) is 14.7. The van der Waals surface area contributed by atoms with Crippen molar-refractivity contribution in [3.05, 3.63) is 75.3 Å². The molecule has 1 atom stereocenters. The number of nitro groups is 1. The first-order valence-corrected chi connectivity index (χ1v) is 7.14. The van der Waals surface area contributed by atoms with Crippen molar-refractivity contribution in [2.24, 2.45) is 0 Å². The molecular formula is C17H13N3O3. The summed E-state index contributed by atoms with van der Waals surface area (Å²) in [5.41, 5.74) is 2.20. The van der Waals surface area contributed by atoms with Crippen molar-refractivity contribution in [3.8, 4) is 6.07 Å². The van der Waals surface area contributed by atoms with Crippen LogP contribution in [0.5, 0.6) is 0 Å². The van der Waals surface area contributed by atoms with Gasteiger partial charge in [0.25, 0.3) is 11.6 Å². The molecule has 1 heterocycles. The minimum Gasteiger partial charge on any atom is -0.318 e. The number of rotatable bonds is 2. The minimum absolute atomic E-state index is 0.0672. The van der Waals surface area contributed by atoms with Crippen molar-refractivity contribution in [2.45, 2.75) is 12.5 Å². The highest BCUT2D eigenvalue weighted by Crippen LogP contribution is 2.30. The smallest absolute Gasteiger partial charge is 0.269 e. The van der Waals surface area contributed by atoms with Gasteiger partial charge in [-0.2, -0.15) is 5.26 Å². The van der Waals surface area contributed by atoms with Crippen LogP contribution in [0.4, 0.5) is 5.69 Å². The third-order valence-electron chi connectivity index (χ3n) is 3.99. The van der Waals surface area contributed by atoms with Gasteiger partial charge in [0.1, 0.15) is 6.04 Å². The van der Waals surface area contributed by atoms with Crippen LogP contribution in [0.3, 0.4) is 0 Å². The molecule has 0 radical (unpaired) electrons. The van der Waals surface area contributed by atoms with Crippen LogP contribution in [0.25, 0.3) is 0 Å². The maximum atomic E-state index is 12.7. The third kappa shape index (κ3) is 2.64. The fraction of sp³-hybridized carbons (Fsp3) is 0.176. The lowest BCUT2D eigenvalue weighted by Gasteiger charge is -2.33. The van der Waals surface area contributed by atoms with Crippen molar-refractivity contribution in [2.75, 3.05) is 6.54 Å². The van der Waals surface area contributed by atoms with E-state index < -0.39 is 11.0 Å². The Kier molecular flexibility index (Phi) is 3.77. The molecule has 23 heavy (non-hydrogen) atoms. The molecule has 0 aliphatic carbocycles. The van der Waals surface area contributed by atoms with E-state index in [1.54, 1.807) is 0 Å². The van der Waals surface area contributed by atoms with Crippen LogP contribution >= 0.6 is 0 Å². The summed E-state index contributed by atoms with van der Waals surface area (Å²) in [6.07, 6.45) is 0.688. The predicted molar refractivity (Wildman–Crippen MR) is 82.6 cm³/mol. The molecular weight excluding hydrogens is 294 g/mol. The molecule has 0 bridgehead atoms. The first-order chi connectivity index (χ1) is 11.1. The van der Waals surface area contributed by atoms with E-state index in [0.29, 0.717) is 18.5 Å². The number of hydrogen-bond acceptors (Lipinski definition) is 4. The maximum Gasteiger partial charge on any atom is 0.269 e. The van der Waals surface area contributed by atoms with Crippen LogP contribution in [0, 0.1) is 21.4 Å². The highest BCUT2D eigenvalue weighted by atomic mass is 16.6. The number of nitriles is 1. The summed E-state index contributed by atoms with van der Waals surface area (Å²) in [5.74, 6) is -0.291. The lowest BCUT2D eigenvalue weighted by Crippen LogP contribution is -2.39. The van der Waals surface area contributed by atoms with Crippen molar-refractivity contribution >= 4 is 11.6 Å². The van der Waals surface area contributed by atoms with Crippen LogP contribution < -0.4 is 0 Å². The second-order valence-corrected chi connectivity index (χ2v) is 5.28. The van der Waals surface area contributed by atoms with Crippen LogP contribution in [-0.4, -0.2) is 22.3 Å². The molecule has 0 saturated carbocycles. The topological polar surface area (TPSA) is 87.2 Å². The summed E-state index contributed by atoms with van der Waals surface area (Å²) < 4.78 is 0. The Morgan fingerprint density at radius 2 is 1.91 bits per heavy atom. The molecule has 1 aliphatic heterocycles. The molecule has 0 N–H and O–H groups in total. The van der Waals surface area contributed by atoms with E-state index in [0.717, 1.165) is 11.1 Å². The SMILES string of the molecule is N#C[C@@H]1c2ccccc2CCN1C(=O)c1ccc([N+](=O)[O-])cc1. The number of carbonyl (C=O) groups is 1. The molecule has 3 rings (SSSR count). The molecule has 0 unspecified atom stereocenters. The second-order valence-electron chi connectivity index (χ2n) is 5.28. The van der Waals surface area contributed by atoms with Gasteiger partial charge in [-0.25, -0.2) is 0 Å². The number of hydrogen-bond donors (Lipinski definition) is 0. The fourth-order valence-electron chi connectivity index (χ4n) is 2.82. The molecule has 0 saturated heterocycles. The number of nitro benzene ring substituents is 1. The highest BCUT2D eigenvalue weighted by Gasteiger charge is 2.31. The number of non-ortho nitro benzene ring substituents is 1. The van der Waals surface area contributed by atoms with Gasteiger partial charge in [0.05, 0.1) is 11.0 Å². The van der Waals surface area contributed by atoms with Gasteiger partial charge in [-0.05, 0) is 29.7 Å². The Labute approximate surface area is 132 Å². The molecule has 1 aliphatic rings. The van der Waals surface area contributed by atoms with E-state index in [9.17, 15) is 20.2 Å². The summed E-state index contributed by atoms with van der Waals surface area (Å²) >= 11 is 0. The van der Waals surface area contributed by atoms with Gasteiger partial charge in [-0.1, -0.05) is 24.3 Å². The van der Waals surface area contributed by atoms with E-state index in [1.807, 2.05) is 24.3 Å². The van der Waals surface area contributed by atoms with E-state index >= 15 is 0 Å². The molecule has 6 nitrogen and oxygen atoms in total. The standard InChI is InChI=1S/C17H13N3O3/c18-11-16-15-4-2-1-3-12(15)9-10-19(16)17(21)13-5-7-14(8-6-13)20(22)23/h1-8,16H,9-10H2/t16-/m1/s1. The number of benzene rings is 2. The Morgan fingerprint density at radius 3 is 2.57 bits per heavy atom. The monoisotopic (exact) mass is 307 g/mol. The van der Waals surface area contributed by atoms with Gasteiger partial charge in [0.15, 0.2) is 0 Å². The zero-order chi connectivity index (χ0) is 16.4. The van der Waals surface area contributed by atoms with Gasteiger partial charge in [0, 0.05) is 24.2 Å². The molecule has 0 fully saturated rings. The zero-order valence-corrected chi connectivity index (χ0v) is 12.2. The molecule has 0 spiro atoms. The predicted octanol–water partition coefficient (Wildman–Crippen LogP) is 2.86. The third-order valence-corrected chi connectivity index (χ3v) is 3.99. The van der Waals surface area contributed by atoms with Crippen LogP contribution in [0.15, 0.2) is 48.5 Å². The summed E-state index contributed by atoms with van der Waals surface area (Å²) in [6, 6.07) is 14.6. The average molecular weight is 307 g/mol. The number of nitrogens with zero attached hydrogens (tertiary/aromatic N) is 3. The van der Waals surface area contributed by atoms with Gasteiger partial charge in [-0.3, -0.25) is 14.9 Å². The second kappa shape index (κ2) is 5.89. The Balaban J connectivity index is 1.91. The van der Waals surface area contributed by atoms with E-state index in [2.05, 4.69) is 6.07 Å². The summed E-state index contributed by atoms with van der Waals surface area (Å²) in [4.78, 5) is 24.4. The normalized spacial score (nSPS) is 16.3. The summed E-state index contributed by atoms with van der Waals surface area (Å²) in [5, 5.41) is 20.2. The number of carbonyl (C=O) groups excluding carboxylic acids is 1. The maximum absolute atomic E-state index is 12.7. The zero-order valence-electron chi connectivity index (χ0n) is 12.2. The molecule has 114 valence electrons. The first-order valence-electron chi connectivity index (χ1n) is 7.14. The Morgan fingerprint density at radius 1 is 1.22 bits per heavy atom. The van der Waals surface area contributed by atoms with E-state index in [-0.39, 0.29) is 11.6 Å². The van der Waals surface area contributed by atoms with Crippen LogP contribution in [-0.2, 0) is 6.42 Å². The molecule has 1 amide bonds. The number of fused-ring (bicyclic) bond motifs is 1. The van der Waals surface area contributed by atoms with E-state index in [1.165, 1.54) is 29.2 Å². The molecule has 2 aromatic rings. The Bertz CT molecular complexity index is 809. The molecule has 2 aromatic carbocycles. The molecule has 6 heteroatoms. The Hall–Kier alpha value is -3.20. The van der Waals surface area contributed by atoms with Crippen molar-refractivity contribution in [1.82, 2.24) is 4.90 Å².